The minimum atomic E-state index is -0.194. The van der Waals surface area contributed by atoms with Crippen LogP contribution in [0.1, 0.15) is 29.7 Å². The van der Waals surface area contributed by atoms with Crippen molar-refractivity contribution in [3.63, 3.8) is 0 Å². The van der Waals surface area contributed by atoms with Gasteiger partial charge in [-0.25, -0.2) is 9.07 Å². The van der Waals surface area contributed by atoms with E-state index in [0.717, 1.165) is 49.4 Å². The van der Waals surface area contributed by atoms with Crippen molar-refractivity contribution in [1.82, 2.24) is 14.7 Å². The summed E-state index contributed by atoms with van der Waals surface area (Å²) in [5.74, 6) is -0.194. The number of ether oxygens (including phenoxy) is 1. The lowest BCUT2D eigenvalue weighted by Gasteiger charge is -2.25. The number of hydrogen-bond acceptors (Lipinski definition) is 3. The minimum absolute atomic E-state index is 0.194. The molecule has 2 heterocycles. The first-order valence-corrected chi connectivity index (χ1v) is 8.39. The maximum Gasteiger partial charge on any atom is 0.123 e. The van der Waals surface area contributed by atoms with E-state index in [-0.39, 0.29) is 11.9 Å². The Hall–Kier alpha value is -1.98. The summed E-state index contributed by atoms with van der Waals surface area (Å²) in [7, 11) is 0. The van der Waals surface area contributed by atoms with Gasteiger partial charge in [0.25, 0.3) is 0 Å². The molecule has 2 aromatic rings. The van der Waals surface area contributed by atoms with Gasteiger partial charge in [0.2, 0.25) is 0 Å². The Morgan fingerprint density at radius 1 is 1.46 bits per heavy atom. The summed E-state index contributed by atoms with van der Waals surface area (Å²) in [5.41, 5.74) is 3.12. The van der Waals surface area contributed by atoms with Gasteiger partial charge in [-0.2, -0.15) is 5.10 Å². The van der Waals surface area contributed by atoms with Gasteiger partial charge in [0.1, 0.15) is 5.82 Å². The van der Waals surface area contributed by atoms with Gasteiger partial charge in [-0.3, -0.25) is 4.90 Å². The van der Waals surface area contributed by atoms with Gasteiger partial charge in [-0.05, 0) is 37.5 Å². The first kappa shape index (κ1) is 16.9. The molecule has 1 aliphatic heterocycles. The minimum Gasteiger partial charge on any atom is -0.377 e. The predicted octanol–water partition coefficient (Wildman–Crippen LogP) is 3.61. The SMILES string of the molecule is C=Cn1cc(CN(Cc2cccc(F)c2)CC2CCCO2)c(C)n1. The van der Waals surface area contributed by atoms with E-state index in [1.54, 1.807) is 23.0 Å². The van der Waals surface area contributed by atoms with Crippen LogP contribution in [0.4, 0.5) is 4.39 Å². The number of halogens is 1. The van der Waals surface area contributed by atoms with Crippen LogP contribution in [-0.2, 0) is 17.8 Å². The molecule has 0 amide bonds. The Kier molecular flexibility index (Phi) is 5.43. The summed E-state index contributed by atoms with van der Waals surface area (Å²) in [6.45, 7) is 8.88. The van der Waals surface area contributed by atoms with Crippen LogP contribution in [0.2, 0.25) is 0 Å². The molecule has 1 atom stereocenters. The number of benzene rings is 1. The Labute approximate surface area is 142 Å². The smallest absolute Gasteiger partial charge is 0.123 e. The highest BCUT2D eigenvalue weighted by molar-refractivity contribution is 5.23. The van der Waals surface area contributed by atoms with Gasteiger partial charge in [0.05, 0.1) is 11.8 Å². The van der Waals surface area contributed by atoms with Gasteiger partial charge in [-0.15, -0.1) is 0 Å². The molecule has 4 nitrogen and oxygen atoms in total. The molecule has 0 bridgehead atoms. The maximum absolute atomic E-state index is 13.5. The molecule has 1 fully saturated rings. The van der Waals surface area contributed by atoms with Gasteiger partial charge < -0.3 is 4.74 Å². The zero-order valence-electron chi connectivity index (χ0n) is 14.1. The van der Waals surface area contributed by atoms with Crippen molar-refractivity contribution < 1.29 is 9.13 Å². The molecule has 0 saturated carbocycles. The molecule has 1 aromatic carbocycles. The summed E-state index contributed by atoms with van der Waals surface area (Å²) < 4.78 is 21.0. The Bertz CT molecular complexity index is 692. The summed E-state index contributed by atoms with van der Waals surface area (Å²) in [6, 6.07) is 6.80. The lowest BCUT2D eigenvalue weighted by Crippen LogP contribution is -2.31. The monoisotopic (exact) mass is 329 g/mol. The van der Waals surface area contributed by atoms with E-state index in [4.69, 9.17) is 4.74 Å². The fourth-order valence-electron chi connectivity index (χ4n) is 3.16. The highest BCUT2D eigenvalue weighted by Crippen LogP contribution is 2.18. The van der Waals surface area contributed by atoms with Crippen LogP contribution in [0, 0.1) is 12.7 Å². The molecule has 0 aliphatic carbocycles. The van der Waals surface area contributed by atoms with Crippen molar-refractivity contribution in [1.29, 1.82) is 0 Å². The third kappa shape index (κ3) is 4.30. The Morgan fingerprint density at radius 2 is 2.33 bits per heavy atom. The first-order valence-electron chi connectivity index (χ1n) is 8.39. The molecule has 0 radical (unpaired) electrons. The summed E-state index contributed by atoms with van der Waals surface area (Å²) >= 11 is 0. The quantitative estimate of drug-likeness (QED) is 0.777. The molecule has 0 N–H and O–H groups in total. The van der Waals surface area contributed by atoms with E-state index in [1.165, 1.54) is 6.07 Å². The molecule has 128 valence electrons. The van der Waals surface area contributed by atoms with Crippen molar-refractivity contribution in [2.45, 2.75) is 39.0 Å². The standard InChI is InChI=1S/C19H24FN3O/c1-3-23-13-17(15(2)21-23)12-22(14-19-8-5-9-24-19)11-16-6-4-7-18(20)10-16/h3-4,6-7,10,13,19H,1,5,8-9,11-12,14H2,2H3. The van der Waals surface area contributed by atoms with Crippen molar-refractivity contribution >= 4 is 6.20 Å². The molecule has 1 aliphatic rings. The van der Waals surface area contributed by atoms with Crippen molar-refractivity contribution in [2.75, 3.05) is 13.2 Å². The highest BCUT2D eigenvalue weighted by atomic mass is 19.1. The predicted molar refractivity (Wildman–Crippen MR) is 92.8 cm³/mol. The fourth-order valence-corrected chi connectivity index (χ4v) is 3.16. The summed E-state index contributed by atoms with van der Waals surface area (Å²) in [4.78, 5) is 2.31. The average Bonchev–Trinajstić information content (AvgIpc) is 3.17. The molecular formula is C19H24FN3O. The maximum atomic E-state index is 13.5. The first-order chi connectivity index (χ1) is 11.6. The number of nitrogens with zero attached hydrogens (tertiary/aromatic N) is 3. The van der Waals surface area contributed by atoms with E-state index in [0.29, 0.717) is 6.54 Å². The average molecular weight is 329 g/mol. The molecule has 0 spiro atoms. The lowest BCUT2D eigenvalue weighted by atomic mass is 10.1. The topological polar surface area (TPSA) is 30.3 Å². The third-order valence-corrected chi connectivity index (χ3v) is 4.38. The molecule has 1 aromatic heterocycles. The molecule has 5 heteroatoms. The third-order valence-electron chi connectivity index (χ3n) is 4.38. The molecular weight excluding hydrogens is 305 g/mol. The molecule has 24 heavy (non-hydrogen) atoms. The van der Waals surface area contributed by atoms with E-state index >= 15 is 0 Å². The van der Waals surface area contributed by atoms with Crippen LogP contribution < -0.4 is 0 Å². The highest BCUT2D eigenvalue weighted by Gasteiger charge is 2.20. The van der Waals surface area contributed by atoms with E-state index in [2.05, 4.69) is 16.6 Å². The second-order valence-corrected chi connectivity index (χ2v) is 6.34. The van der Waals surface area contributed by atoms with Crippen LogP contribution in [0.5, 0.6) is 0 Å². The van der Waals surface area contributed by atoms with Crippen LogP contribution >= 0.6 is 0 Å². The zero-order chi connectivity index (χ0) is 16.9. The fraction of sp³-hybridized carbons (Fsp3) is 0.421. The molecule has 1 saturated heterocycles. The number of aromatic nitrogens is 2. The molecule has 3 rings (SSSR count). The van der Waals surface area contributed by atoms with Gasteiger partial charge in [-0.1, -0.05) is 18.7 Å². The second-order valence-electron chi connectivity index (χ2n) is 6.34. The van der Waals surface area contributed by atoms with Crippen LogP contribution in [0.15, 0.2) is 37.0 Å². The van der Waals surface area contributed by atoms with Crippen LogP contribution in [0.25, 0.3) is 6.20 Å². The van der Waals surface area contributed by atoms with Gasteiger partial charge in [0, 0.05) is 44.2 Å². The normalized spacial score (nSPS) is 17.5. The van der Waals surface area contributed by atoms with Crippen LogP contribution in [0.3, 0.4) is 0 Å². The Morgan fingerprint density at radius 3 is 3.00 bits per heavy atom. The zero-order valence-corrected chi connectivity index (χ0v) is 14.1. The van der Waals surface area contributed by atoms with E-state index in [1.807, 2.05) is 19.2 Å². The largest absolute Gasteiger partial charge is 0.377 e. The number of rotatable bonds is 7. The lowest BCUT2D eigenvalue weighted by molar-refractivity contribution is 0.0678. The molecule has 1 unspecified atom stereocenters. The second kappa shape index (κ2) is 7.73. The van der Waals surface area contributed by atoms with E-state index < -0.39 is 0 Å². The van der Waals surface area contributed by atoms with E-state index in [9.17, 15) is 4.39 Å². The summed E-state index contributed by atoms with van der Waals surface area (Å²) in [5, 5.41) is 4.42. The number of hydrogen-bond donors (Lipinski definition) is 0. The van der Waals surface area contributed by atoms with Crippen molar-refractivity contribution in [3.05, 3.63) is 59.7 Å². The summed E-state index contributed by atoms with van der Waals surface area (Å²) in [6.07, 6.45) is 6.15. The van der Waals surface area contributed by atoms with Gasteiger partial charge in [0.15, 0.2) is 0 Å². The van der Waals surface area contributed by atoms with Crippen molar-refractivity contribution in [2.24, 2.45) is 0 Å². The van der Waals surface area contributed by atoms with Gasteiger partial charge >= 0.3 is 0 Å². The Balaban J connectivity index is 1.75. The van der Waals surface area contributed by atoms with Crippen LogP contribution in [-0.4, -0.2) is 33.9 Å². The van der Waals surface area contributed by atoms with Crippen molar-refractivity contribution in [3.8, 4) is 0 Å². The number of aryl methyl sites for hydroxylation is 1.